The van der Waals surface area contributed by atoms with E-state index in [9.17, 15) is 13.2 Å². The molecule has 0 saturated heterocycles. The predicted octanol–water partition coefficient (Wildman–Crippen LogP) is 3.44. The van der Waals surface area contributed by atoms with Crippen molar-refractivity contribution >= 4 is 21.6 Å². The smallest absolute Gasteiger partial charge is 0.359 e. The third-order valence-electron chi connectivity index (χ3n) is 2.94. The number of hydrogen-bond donors (Lipinski definition) is 1. The van der Waals surface area contributed by atoms with E-state index in [1.165, 1.54) is 4.90 Å². The van der Waals surface area contributed by atoms with Gasteiger partial charge in [-0.1, -0.05) is 22.0 Å². The van der Waals surface area contributed by atoms with Crippen LogP contribution in [0.1, 0.15) is 18.4 Å². The van der Waals surface area contributed by atoms with Crippen LogP contribution in [0.15, 0.2) is 22.7 Å². The topological polar surface area (TPSA) is 29.3 Å². The number of nitrogens with two attached hydrogens (primary N) is 1. The Balaban J connectivity index is 2.33. The van der Waals surface area contributed by atoms with Crippen molar-refractivity contribution in [1.29, 1.82) is 0 Å². The number of anilines is 1. The molecule has 0 heterocycles. The van der Waals surface area contributed by atoms with Gasteiger partial charge < -0.3 is 10.6 Å². The van der Waals surface area contributed by atoms with E-state index in [1.54, 1.807) is 18.2 Å². The molecule has 1 aliphatic rings. The highest BCUT2D eigenvalue weighted by Crippen LogP contribution is 2.37. The molecule has 100 valence electrons. The van der Waals surface area contributed by atoms with E-state index in [0.717, 1.165) is 22.9 Å². The lowest BCUT2D eigenvalue weighted by Gasteiger charge is -2.28. The summed E-state index contributed by atoms with van der Waals surface area (Å²) in [5.41, 5.74) is 6.96. The number of alkyl halides is 3. The largest absolute Gasteiger partial charge is 0.405 e. The fourth-order valence-corrected chi connectivity index (χ4v) is 2.53. The first-order valence-electron chi connectivity index (χ1n) is 5.73. The highest BCUT2D eigenvalue weighted by molar-refractivity contribution is 9.10. The van der Waals surface area contributed by atoms with Crippen molar-refractivity contribution in [3.63, 3.8) is 0 Å². The summed E-state index contributed by atoms with van der Waals surface area (Å²) >= 11 is 3.34. The van der Waals surface area contributed by atoms with Gasteiger partial charge in [-0.05, 0) is 25.0 Å². The monoisotopic (exact) mass is 322 g/mol. The summed E-state index contributed by atoms with van der Waals surface area (Å²) in [5, 5.41) is 0. The minimum absolute atomic E-state index is 0.00813. The Kier molecular flexibility index (Phi) is 3.87. The molecule has 18 heavy (non-hydrogen) atoms. The minimum Gasteiger partial charge on any atom is -0.359 e. The first-order valence-corrected chi connectivity index (χ1v) is 6.52. The summed E-state index contributed by atoms with van der Waals surface area (Å²) in [6.07, 6.45) is -2.57. The molecule has 1 saturated carbocycles. The molecule has 2 rings (SSSR count). The third-order valence-corrected chi connectivity index (χ3v) is 3.69. The summed E-state index contributed by atoms with van der Waals surface area (Å²) < 4.78 is 38.7. The first kappa shape index (κ1) is 13.7. The van der Waals surface area contributed by atoms with Gasteiger partial charge in [-0.15, -0.1) is 0 Å². The lowest BCUT2D eigenvalue weighted by Crippen LogP contribution is -2.36. The Bertz CT molecular complexity index is 430. The van der Waals surface area contributed by atoms with E-state index < -0.39 is 12.7 Å². The Labute approximate surface area is 112 Å². The van der Waals surface area contributed by atoms with E-state index in [4.69, 9.17) is 5.73 Å². The second-order valence-electron chi connectivity index (χ2n) is 4.42. The van der Waals surface area contributed by atoms with Gasteiger partial charge >= 0.3 is 6.18 Å². The molecule has 6 heteroatoms. The second kappa shape index (κ2) is 5.09. The third kappa shape index (κ3) is 3.17. The normalized spacial score (nSPS) is 15.8. The first-order chi connectivity index (χ1) is 8.42. The molecule has 1 aromatic carbocycles. The maximum atomic E-state index is 12.6. The molecule has 1 fully saturated rings. The number of hydrogen-bond acceptors (Lipinski definition) is 2. The Hall–Kier alpha value is -0.750. The number of benzene rings is 1. The molecular weight excluding hydrogens is 309 g/mol. The van der Waals surface area contributed by atoms with E-state index in [1.807, 2.05) is 0 Å². The maximum absolute atomic E-state index is 12.6. The molecule has 2 N–H and O–H groups in total. The SMILES string of the molecule is NCc1c(Br)cccc1N(CC(F)(F)F)C1CC1. The van der Waals surface area contributed by atoms with Crippen molar-refractivity contribution in [2.75, 3.05) is 11.4 Å². The molecule has 0 spiro atoms. The molecule has 0 aromatic heterocycles. The molecule has 1 aromatic rings. The maximum Gasteiger partial charge on any atom is 0.405 e. The standard InChI is InChI=1S/C12H14BrF3N2/c13-10-2-1-3-11(9(10)6-17)18(8-4-5-8)7-12(14,15)16/h1-3,8H,4-7,17H2. The fraction of sp³-hybridized carbons (Fsp3) is 0.500. The second-order valence-corrected chi connectivity index (χ2v) is 5.27. The van der Waals surface area contributed by atoms with Crippen LogP contribution >= 0.6 is 15.9 Å². The molecule has 0 bridgehead atoms. The van der Waals surface area contributed by atoms with Gasteiger partial charge in [0.15, 0.2) is 0 Å². The minimum atomic E-state index is -4.20. The molecular formula is C12H14BrF3N2. The van der Waals surface area contributed by atoms with Crippen LogP contribution in [0.5, 0.6) is 0 Å². The van der Waals surface area contributed by atoms with Crippen molar-refractivity contribution in [3.8, 4) is 0 Å². The van der Waals surface area contributed by atoms with E-state index in [-0.39, 0.29) is 12.6 Å². The van der Waals surface area contributed by atoms with Gasteiger partial charge in [-0.3, -0.25) is 0 Å². The lowest BCUT2D eigenvalue weighted by molar-refractivity contribution is -0.120. The number of nitrogens with zero attached hydrogens (tertiary/aromatic N) is 1. The van der Waals surface area contributed by atoms with Crippen LogP contribution in [0.25, 0.3) is 0 Å². The molecule has 1 aliphatic carbocycles. The van der Waals surface area contributed by atoms with Crippen molar-refractivity contribution in [3.05, 3.63) is 28.2 Å². The predicted molar refractivity (Wildman–Crippen MR) is 68.5 cm³/mol. The van der Waals surface area contributed by atoms with Crippen molar-refractivity contribution in [2.45, 2.75) is 31.6 Å². The van der Waals surface area contributed by atoms with E-state index in [2.05, 4.69) is 15.9 Å². The Morgan fingerprint density at radius 3 is 2.50 bits per heavy atom. The van der Waals surface area contributed by atoms with Crippen molar-refractivity contribution in [2.24, 2.45) is 5.73 Å². The van der Waals surface area contributed by atoms with Crippen LogP contribution in [0, 0.1) is 0 Å². The molecule has 0 atom stereocenters. The van der Waals surface area contributed by atoms with Crippen molar-refractivity contribution < 1.29 is 13.2 Å². The zero-order valence-corrected chi connectivity index (χ0v) is 11.3. The quantitative estimate of drug-likeness (QED) is 0.920. The molecule has 0 radical (unpaired) electrons. The fourth-order valence-electron chi connectivity index (χ4n) is 2.01. The summed E-state index contributed by atoms with van der Waals surface area (Å²) in [5.74, 6) is 0. The zero-order valence-electron chi connectivity index (χ0n) is 9.67. The lowest BCUT2D eigenvalue weighted by atomic mass is 10.1. The molecule has 0 unspecified atom stereocenters. The van der Waals surface area contributed by atoms with Gasteiger partial charge in [0.05, 0.1) is 0 Å². The van der Waals surface area contributed by atoms with Gasteiger partial charge in [0.25, 0.3) is 0 Å². The van der Waals surface area contributed by atoms with Crippen LogP contribution in [-0.4, -0.2) is 18.8 Å². The molecule has 0 aliphatic heterocycles. The highest BCUT2D eigenvalue weighted by Gasteiger charge is 2.38. The van der Waals surface area contributed by atoms with Crippen LogP contribution in [0.2, 0.25) is 0 Å². The van der Waals surface area contributed by atoms with E-state index in [0.29, 0.717) is 5.69 Å². The number of rotatable bonds is 4. The number of halogens is 4. The molecule has 2 nitrogen and oxygen atoms in total. The highest BCUT2D eigenvalue weighted by atomic mass is 79.9. The Morgan fingerprint density at radius 1 is 1.33 bits per heavy atom. The van der Waals surface area contributed by atoms with Gasteiger partial charge in [0.1, 0.15) is 6.54 Å². The van der Waals surface area contributed by atoms with Gasteiger partial charge in [0, 0.05) is 28.3 Å². The Morgan fingerprint density at radius 2 is 2.00 bits per heavy atom. The summed E-state index contributed by atoms with van der Waals surface area (Å²) in [4.78, 5) is 1.42. The average molecular weight is 323 g/mol. The van der Waals surface area contributed by atoms with Gasteiger partial charge in [-0.2, -0.15) is 13.2 Å². The van der Waals surface area contributed by atoms with E-state index >= 15 is 0 Å². The summed E-state index contributed by atoms with van der Waals surface area (Å²) in [6, 6.07) is 5.23. The van der Waals surface area contributed by atoms with Crippen LogP contribution in [-0.2, 0) is 6.54 Å². The zero-order chi connectivity index (χ0) is 13.3. The van der Waals surface area contributed by atoms with Crippen LogP contribution in [0.4, 0.5) is 18.9 Å². The van der Waals surface area contributed by atoms with Gasteiger partial charge in [0.2, 0.25) is 0 Å². The van der Waals surface area contributed by atoms with Crippen LogP contribution < -0.4 is 10.6 Å². The van der Waals surface area contributed by atoms with Gasteiger partial charge in [-0.25, -0.2) is 0 Å². The summed E-state index contributed by atoms with van der Waals surface area (Å²) in [6.45, 7) is -0.695. The average Bonchev–Trinajstić information content (AvgIpc) is 3.08. The van der Waals surface area contributed by atoms with Crippen LogP contribution in [0.3, 0.4) is 0 Å². The molecule has 0 amide bonds. The van der Waals surface area contributed by atoms with Crippen molar-refractivity contribution in [1.82, 2.24) is 0 Å². The summed E-state index contributed by atoms with van der Waals surface area (Å²) in [7, 11) is 0.